The fourth-order valence-electron chi connectivity index (χ4n) is 4.19. The summed E-state index contributed by atoms with van der Waals surface area (Å²) < 4.78 is 0. The van der Waals surface area contributed by atoms with E-state index in [4.69, 9.17) is 5.11 Å². The number of rotatable bonds is 13. The van der Waals surface area contributed by atoms with Gasteiger partial charge in [0, 0.05) is 6.61 Å². The average molecular weight is 432 g/mol. The summed E-state index contributed by atoms with van der Waals surface area (Å²) in [7, 11) is -1.83. The van der Waals surface area contributed by atoms with Gasteiger partial charge in [0.25, 0.3) is 0 Å². The Morgan fingerprint density at radius 1 is 0.516 bits per heavy atom. The molecule has 2 heteroatoms. The standard InChI is InChI=1S/C29H36OP/c30-25-17-6-4-2-1-3-5-7-18-26-31(27-19-11-8-12-20-27,28-21-13-9-14-22-28)29-23-15-10-16-24-29/h8-16,18-24,26,30H,1-7,17,25H2/q+1. The van der Waals surface area contributed by atoms with E-state index in [1.807, 2.05) is 0 Å². The smallest absolute Gasteiger partial charge is 0.136 e. The van der Waals surface area contributed by atoms with Crippen LogP contribution in [0.1, 0.15) is 51.4 Å². The van der Waals surface area contributed by atoms with Gasteiger partial charge in [0.15, 0.2) is 0 Å². The van der Waals surface area contributed by atoms with Gasteiger partial charge in [-0.3, -0.25) is 0 Å². The van der Waals surface area contributed by atoms with Crippen LogP contribution in [0.5, 0.6) is 0 Å². The maximum atomic E-state index is 8.87. The van der Waals surface area contributed by atoms with E-state index in [-0.39, 0.29) is 0 Å². The predicted octanol–water partition coefficient (Wildman–Crippen LogP) is 6.61. The van der Waals surface area contributed by atoms with Gasteiger partial charge in [0.2, 0.25) is 0 Å². The first-order chi connectivity index (χ1) is 15.4. The highest BCUT2D eigenvalue weighted by molar-refractivity contribution is 7.98. The maximum absolute atomic E-state index is 8.87. The Bertz CT molecular complexity index is 778. The Hall–Kier alpha value is -2.21. The number of aliphatic hydroxyl groups is 1. The molecule has 0 aliphatic rings. The molecule has 0 atom stereocenters. The van der Waals surface area contributed by atoms with Gasteiger partial charge in [-0.15, -0.1) is 0 Å². The van der Waals surface area contributed by atoms with Gasteiger partial charge in [0.05, 0.1) is 5.82 Å². The van der Waals surface area contributed by atoms with Crippen molar-refractivity contribution in [2.45, 2.75) is 51.4 Å². The average Bonchev–Trinajstić information content (AvgIpc) is 2.84. The van der Waals surface area contributed by atoms with Crippen molar-refractivity contribution in [2.75, 3.05) is 6.61 Å². The lowest BCUT2D eigenvalue weighted by Crippen LogP contribution is -2.29. The van der Waals surface area contributed by atoms with Gasteiger partial charge >= 0.3 is 0 Å². The lowest BCUT2D eigenvalue weighted by atomic mass is 10.1. The quantitative estimate of drug-likeness (QED) is 0.239. The summed E-state index contributed by atoms with van der Waals surface area (Å²) >= 11 is 0. The molecule has 0 spiro atoms. The molecular formula is C29H36OP+. The molecule has 0 unspecified atom stereocenters. The zero-order valence-electron chi connectivity index (χ0n) is 18.6. The Labute approximate surface area is 189 Å². The van der Waals surface area contributed by atoms with Crippen molar-refractivity contribution in [3.8, 4) is 0 Å². The molecule has 0 aliphatic heterocycles. The first-order valence-electron chi connectivity index (χ1n) is 11.7. The molecular weight excluding hydrogens is 395 g/mol. The third-order valence-corrected chi connectivity index (χ3v) is 9.84. The van der Waals surface area contributed by atoms with Crippen LogP contribution in [0, 0.1) is 0 Å². The van der Waals surface area contributed by atoms with Gasteiger partial charge in [0.1, 0.15) is 23.2 Å². The molecule has 0 aliphatic carbocycles. The third-order valence-electron chi connectivity index (χ3n) is 5.85. The van der Waals surface area contributed by atoms with Crippen molar-refractivity contribution >= 4 is 23.2 Å². The number of benzene rings is 3. The topological polar surface area (TPSA) is 20.2 Å². The largest absolute Gasteiger partial charge is 0.396 e. The van der Waals surface area contributed by atoms with Crippen LogP contribution in [-0.2, 0) is 0 Å². The van der Waals surface area contributed by atoms with Crippen molar-refractivity contribution in [3.63, 3.8) is 0 Å². The van der Waals surface area contributed by atoms with Crippen molar-refractivity contribution < 1.29 is 5.11 Å². The summed E-state index contributed by atoms with van der Waals surface area (Å²) in [6.07, 6.45) is 12.1. The van der Waals surface area contributed by atoms with Crippen LogP contribution < -0.4 is 15.9 Å². The minimum Gasteiger partial charge on any atom is -0.396 e. The SMILES string of the molecule is OCCCCCCCCCC=C[P+](c1ccccc1)(c1ccccc1)c1ccccc1. The highest BCUT2D eigenvalue weighted by Crippen LogP contribution is 2.56. The molecule has 0 saturated heterocycles. The second-order valence-corrected chi connectivity index (χ2v) is 11.4. The molecule has 0 saturated carbocycles. The van der Waals surface area contributed by atoms with Crippen molar-refractivity contribution in [3.05, 3.63) is 103 Å². The summed E-state index contributed by atoms with van der Waals surface area (Å²) in [5.41, 5.74) is 0. The van der Waals surface area contributed by atoms with Gasteiger partial charge in [-0.2, -0.15) is 0 Å². The highest BCUT2D eigenvalue weighted by atomic mass is 31.2. The van der Waals surface area contributed by atoms with Crippen LogP contribution in [0.25, 0.3) is 0 Å². The van der Waals surface area contributed by atoms with Crippen LogP contribution in [0.15, 0.2) is 103 Å². The molecule has 31 heavy (non-hydrogen) atoms. The van der Waals surface area contributed by atoms with Gasteiger partial charge in [-0.05, 0) is 61.7 Å². The van der Waals surface area contributed by atoms with E-state index < -0.39 is 7.26 Å². The van der Waals surface area contributed by atoms with E-state index in [0.717, 1.165) is 19.3 Å². The zero-order chi connectivity index (χ0) is 21.6. The van der Waals surface area contributed by atoms with Crippen molar-refractivity contribution in [1.29, 1.82) is 0 Å². The summed E-state index contributed by atoms with van der Waals surface area (Å²) in [5, 5.41) is 13.1. The summed E-state index contributed by atoms with van der Waals surface area (Å²) in [6, 6.07) is 33.1. The third kappa shape index (κ3) is 6.63. The first-order valence-corrected chi connectivity index (χ1v) is 13.6. The lowest BCUT2D eigenvalue weighted by molar-refractivity contribution is 0.282. The number of hydrogen-bond donors (Lipinski definition) is 1. The summed E-state index contributed by atoms with van der Waals surface area (Å²) in [6.45, 7) is 0.333. The van der Waals surface area contributed by atoms with Gasteiger partial charge < -0.3 is 5.11 Å². The predicted molar refractivity (Wildman–Crippen MR) is 138 cm³/mol. The molecule has 1 N–H and O–H groups in total. The zero-order valence-corrected chi connectivity index (χ0v) is 19.5. The second kappa shape index (κ2) is 13.3. The molecule has 162 valence electrons. The second-order valence-electron chi connectivity index (χ2n) is 8.10. The maximum Gasteiger partial charge on any atom is 0.136 e. The van der Waals surface area contributed by atoms with E-state index >= 15 is 0 Å². The van der Waals surface area contributed by atoms with Crippen LogP contribution in [-0.4, -0.2) is 11.7 Å². The van der Waals surface area contributed by atoms with Crippen LogP contribution >= 0.6 is 7.26 Å². The van der Waals surface area contributed by atoms with Crippen molar-refractivity contribution in [1.82, 2.24) is 0 Å². The molecule has 3 aromatic carbocycles. The molecule has 3 aromatic rings. The molecule has 0 fully saturated rings. The van der Waals surface area contributed by atoms with Gasteiger partial charge in [-0.1, -0.05) is 86.7 Å². The van der Waals surface area contributed by atoms with Crippen LogP contribution in [0.2, 0.25) is 0 Å². The lowest BCUT2D eigenvalue weighted by Gasteiger charge is -2.24. The van der Waals surface area contributed by atoms with E-state index in [1.165, 1.54) is 48.0 Å². The number of allylic oxidation sites excluding steroid dienone is 1. The minimum atomic E-state index is -1.83. The fraction of sp³-hybridized carbons (Fsp3) is 0.310. The molecule has 0 radical (unpaired) electrons. The van der Waals surface area contributed by atoms with E-state index in [1.54, 1.807) is 0 Å². The normalized spacial score (nSPS) is 11.8. The molecule has 0 bridgehead atoms. The monoisotopic (exact) mass is 431 g/mol. The number of aliphatic hydroxyl groups excluding tert-OH is 1. The fourth-order valence-corrected chi connectivity index (χ4v) is 7.99. The Kier molecular flexibility index (Phi) is 10.0. The molecule has 0 amide bonds. The molecule has 0 heterocycles. The molecule has 1 nitrogen and oxygen atoms in total. The molecule has 0 aromatic heterocycles. The van der Waals surface area contributed by atoms with Crippen molar-refractivity contribution in [2.24, 2.45) is 0 Å². The van der Waals surface area contributed by atoms with Crippen LogP contribution in [0.3, 0.4) is 0 Å². The Balaban J connectivity index is 1.78. The first kappa shape index (κ1) is 23.5. The number of unbranched alkanes of at least 4 members (excludes halogenated alkanes) is 7. The summed E-state index contributed by atoms with van der Waals surface area (Å²) in [5.74, 6) is 2.54. The Morgan fingerprint density at radius 3 is 1.32 bits per heavy atom. The minimum absolute atomic E-state index is 0.333. The summed E-state index contributed by atoms with van der Waals surface area (Å²) in [4.78, 5) is 0. The number of hydrogen-bond acceptors (Lipinski definition) is 1. The highest BCUT2D eigenvalue weighted by Gasteiger charge is 2.42. The van der Waals surface area contributed by atoms with E-state index in [2.05, 4.69) is 103 Å². The molecule has 3 rings (SSSR count). The van der Waals surface area contributed by atoms with Crippen LogP contribution in [0.4, 0.5) is 0 Å². The van der Waals surface area contributed by atoms with E-state index in [9.17, 15) is 0 Å². The van der Waals surface area contributed by atoms with Gasteiger partial charge in [-0.25, -0.2) is 0 Å². The van der Waals surface area contributed by atoms with E-state index in [0.29, 0.717) is 6.61 Å². The Morgan fingerprint density at radius 2 is 0.903 bits per heavy atom.